The number of thiophene rings is 1. The van der Waals surface area contributed by atoms with E-state index in [1.54, 1.807) is 28.7 Å². The highest BCUT2D eigenvalue weighted by atomic mass is 32.1. The molecule has 3 heterocycles. The lowest BCUT2D eigenvalue weighted by atomic mass is 9.93. The first-order valence-electron chi connectivity index (χ1n) is 8.59. The van der Waals surface area contributed by atoms with Crippen LogP contribution in [0.5, 0.6) is 0 Å². The van der Waals surface area contributed by atoms with Crippen LogP contribution in [0.2, 0.25) is 0 Å². The molecule has 1 aliphatic heterocycles. The van der Waals surface area contributed by atoms with Gasteiger partial charge in [-0.1, -0.05) is 32.9 Å². The van der Waals surface area contributed by atoms with Crippen LogP contribution in [0.1, 0.15) is 43.7 Å². The molecular formula is C20H20N4OS. The van der Waals surface area contributed by atoms with Crippen LogP contribution in [0.25, 0.3) is 11.0 Å². The Kier molecular flexibility index (Phi) is 4.07. The van der Waals surface area contributed by atoms with E-state index in [1.165, 1.54) is 0 Å². The van der Waals surface area contributed by atoms with Gasteiger partial charge in [-0.3, -0.25) is 14.8 Å². The summed E-state index contributed by atoms with van der Waals surface area (Å²) in [5, 5.41) is 8.40. The Hall–Kier alpha value is -2.60. The van der Waals surface area contributed by atoms with E-state index in [1.807, 2.05) is 50.4 Å². The Balaban J connectivity index is 1.76. The predicted molar refractivity (Wildman–Crippen MR) is 104 cm³/mol. The highest BCUT2D eigenvalue weighted by molar-refractivity contribution is 7.12. The minimum atomic E-state index is -0.497. The summed E-state index contributed by atoms with van der Waals surface area (Å²) in [6, 6.07) is 9.95. The van der Waals surface area contributed by atoms with Gasteiger partial charge in [0.05, 0.1) is 27.7 Å². The molecule has 26 heavy (non-hydrogen) atoms. The number of nitrogens with zero attached hydrogens (tertiary/aromatic N) is 4. The summed E-state index contributed by atoms with van der Waals surface area (Å²) in [6.45, 7) is 5.78. The molecule has 1 aromatic carbocycles. The minimum absolute atomic E-state index is 0.0216. The topological polar surface area (TPSA) is 58.5 Å². The van der Waals surface area contributed by atoms with E-state index in [-0.39, 0.29) is 11.9 Å². The Morgan fingerprint density at radius 3 is 2.62 bits per heavy atom. The number of hydrogen-bond acceptors (Lipinski definition) is 5. The van der Waals surface area contributed by atoms with Crippen LogP contribution in [0, 0.1) is 5.41 Å². The third kappa shape index (κ3) is 3.01. The number of fused-ring (bicyclic) bond motifs is 1. The van der Waals surface area contributed by atoms with Gasteiger partial charge in [0.15, 0.2) is 0 Å². The molecule has 0 aliphatic carbocycles. The van der Waals surface area contributed by atoms with Crippen LogP contribution in [0.15, 0.2) is 53.2 Å². The SMILES string of the molecule is CC(C)(C)C(=O)N1N=C(c2cccs2)CC1c1ccc2nccnc2c1. The summed E-state index contributed by atoms with van der Waals surface area (Å²) < 4.78 is 0. The molecule has 1 atom stereocenters. The standard InChI is InChI=1S/C20H20N4OS/c1-20(2,3)19(25)24-17(12-16(23-24)18-5-4-10-26-18)13-6-7-14-15(11-13)22-9-8-21-14/h4-11,17H,12H2,1-3H3. The van der Waals surface area contributed by atoms with E-state index in [0.717, 1.165) is 27.2 Å². The average molecular weight is 364 g/mol. The van der Waals surface area contributed by atoms with E-state index in [4.69, 9.17) is 5.10 Å². The zero-order valence-electron chi connectivity index (χ0n) is 15.0. The summed E-state index contributed by atoms with van der Waals surface area (Å²) in [7, 11) is 0. The lowest BCUT2D eigenvalue weighted by Crippen LogP contribution is -2.36. The molecule has 0 radical (unpaired) electrons. The van der Waals surface area contributed by atoms with Gasteiger partial charge in [0.2, 0.25) is 5.91 Å². The number of hydrazone groups is 1. The highest BCUT2D eigenvalue weighted by Gasteiger charge is 2.38. The zero-order chi connectivity index (χ0) is 18.3. The van der Waals surface area contributed by atoms with Gasteiger partial charge in [0.25, 0.3) is 0 Å². The van der Waals surface area contributed by atoms with Crippen molar-refractivity contribution in [1.82, 2.24) is 15.0 Å². The number of benzene rings is 1. The molecule has 0 bridgehead atoms. The minimum Gasteiger partial charge on any atom is -0.272 e. The van der Waals surface area contributed by atoms with Gasteiger partial charge in [-0.05, 0) is 29.1 Å². The fourth-order valence-corrected chi connectivity index (χ4v) is 3.80. The molecule has 0 N–H and O–H groups in total. The molecule has 4 rings (SSSR count). The Morgan fingerprint density at radius 1 is 1.15 bits per heavy atom. The first-order chi connectivity index (χ1) is 12.4. The summed E-state index contributed by atoms with van der Waals surface area (Å²) in [5.74, 6) is 0.0216. The van der Waals surface area contributed by atoms with Crippen LogP contribution in [0.3, 0.4) is 0 Å². The fraction of sp³-hybridized carbons (Fsp3) is 0.300. The van der Waals surface area contributed by atoms with Crippen LogP contribution in [-0.4, -0.2) is 26.6 Å². The Morgan fingerprint density at radius 2 is 1.92 bits per heavy atom. The second-order valence-electron chi connectivity index (χ2n) is 7.45. The molecule has 0 saturated carbocycles. The van der Waals surface area contributed by atoms with Gasteiger partial charge in [-0.2, -0.15) is 5.10 Å². The molecule has 3 aromatic rings. The highest BCUT2D eigenvalue weighted by Crippen LogP contribution is 2.37. The van der Waals surface area contributed by atoms with Crippen molar-refractivity contribution in [2.45, 2.75) is 33.2 Å². The van der Waals surface area contributed by atoms with Crippen molar-refractivity contribution in [2.75, 3.05) is 0 Å². The van der Waals surface area contributed by atoms with Crippen LogP contribution in [0.4, 0.5) is 0 Å². The molecule has 1 unspecified atom stereocenters. The molecule has 0 spiro atoms. The summed E-state index contributed by atoms with van der Waals surface area (Å²) in [5.41, 5.74) is 3.18. The summed E-state index contributed by atoms with van der Waals surface area (Å²) >= 11 is 1.65. The van der Waals surface area contributed by atoms with E-state index >= 15 is 0 Å². The smallest absolute Gasteiger partial charge is 0.248 e. The van der Waals surface area contributed by atoms with E-state index in [9.17, 15) is 4.79 Å². The normalized spacial score (nSPS) is 17.6. The van der Waals surface area contributed by atoms with E-state index < -0.39 is 5.41 Å². The number of carbonyl (C=O) groups is 1. The first kappa shape index (κ1) is 16.8. The molecule has 1 amide bonds. The number of hydrogen-bond donors (Lipinski definition) is 0. The van der Waals surface area contributed by atoms with Gasteiger partial charge in [0, 0.05) is 24.2 Å². The maximum atomic E-state index is 13.0. The lowest BCUT2D eigenvalue weighted by molar-refractivity contribution is -0.141. The maximum absolute atomic E-state index is 13.0. The quantitative estimate of drug-likeness (QED) is 0.676. The third-order valence-corrected chi connectivity index (χ3v) is 5.36. The van der Waals surface area contributed by atoms with Crippen molar-refractivity contribution < 1.29 is 4.79 Å². The Labute approximate surface area is 156 Å². The maximum Gasteiger partial charge on any atom is 0.248 e. The number of carbonyl (C=O) groups excluding carboxylic acids is 1. The molecular weight excluding hydrogens is 344 g/mol. The molecule has 0 fully saturated rings. The fourth-order valence-electron chi connectivity index (χ4n) is 3.08. The van der Waals surface area contributed by atoms with Crippen molar-refractivity contribution in [3.63, 3.8) is 0 Å². The van der Waals surface area contributed by atoms with Gasteiger partial charge in [-0.15, -0.1) is 11.3 Å². The molecule has 5 nitrogen and oxygen atoms in total. The molecule has 2 aromatic heterocycles. The average Bonchev–Trinajstić information content (AvgIpc) is 3.29. The third-order valence-electron chi connectivity index (χ3n) is 4.44. The second-order valence-corrected chi connectivity index (χ2v) is 8.40. The molecule has 0 saturated heterocycles. The molecule has 6 heteroatoms. The monoisotopic (exact) mass is 364 g/mol. The van der Waals surface area contributed by atoms with Gasteiger partial charge in [-0.25, -0.2) is 5.01 Å². The van der Waals surface area contributed by atoms with Crippen LogP contribution < -0.4 is 0 Å². The number of aromatic nitrogens is 2. The summed E-state index contributed by atoms with van der Waals surface area (Å²) in [4.78, 5) is 22.9. The number of rotatable bonds is 2. The van der Waals surface area contributed by atoms with Crippen molar-refractivity contribution in [3.05, 3.63) is 58.5 Å². The van der Waals surface area contributed by atoms with Crippen molar-refractivity contribution in [3.8, 4) is 0 Å². The van der Waals surface area contributed by atoms with E-state index in [0.29, 0.717) is 6.42 Å². The van der Waals surface area contributed by atoms with Crippen molar-refractivity contribution in [1.29, 1.82) is 0 Å². The zero-order valence-corrected chi connectivity index (χ0v) is 15.8. The lowest BCUT2D eigenvalue weighted by Gasteiger charge is -2.28. The van der Waals surface area contributed by atoms with Crippen molar-refractivity contribution in [2.24, 2.45) is 10.5 Å². The number of amides is 1. The summed E-state index contributed by atoms with van der Waals surface area (Å²) in [6.07, 6.45) is 4.07. The Bertz CT molecular complexity index is 988. The van der Waals surface area contributed by atoms with Gasteiger partial charge < -0.3 is 0 Å². The van der Waals surface area contributed by atoms with Gasteiger partial charge >= 0.3 is 0 Å². The van der Waals surface area contributed by atoms with Crippen LogP contribution >= 0.6 is 11.3 Å². The predicted octanol–water partition coefficient (Wildman–Crippen LogP) is 4.42. The van der Waals surface area contributed by atoms with Crippen molar-refractivity contribution >= 4 is 34.0 Å². The molecule has 132 valence electrons. The largest absolute Gasteiger partial charge is 0.272 e. The van der Waals surface area contributed by atoms with Gasteiger partial charge in [0.1, 0.15) is 0 Å². The van der Waals surface area contributed by atoms with Crippen LogP contribution in [-0.2, 0) is 4.79 Å². The first-order valence-corrected chi connectivity index (χ1v) is 9.47. The second kappa shape index (κ2) is 6.29. The molecule has 1 aliphatic rings. The van der Waals surface area contributed by atoms with E-state index in [2.05, 4.69) is 16.0 Å².